The summed E-state index contributed by atoms with van der Waals surface area (Å²) in [5.41, 5.74) is -0.129. The van der Waals surface area contributed by atoms with E-state index in [0.29, 0.717) is 6.10 Å². The largest absolute Gasteiger partial charge is 0.379 e. The van der Waals surface area contributed by atoms with Crippen LogP contribution in [0.15, 0.2) is 4.99 Å². The number of rotatable bonds is 11. The predicted molar refractivity (Wildman–Crippen MR) is 78.6 cm³/mol. The second kappa shape index (κ2) is 10.5. The van der Waals surface area contributed by atoms with E-state index in [4.69, 9.17) is 9.47 Å². The Hall–Kier alpha value is -0.410. The summed E-state index contributed by atoms with van der Waals surface area (Å²) in [5.74, 6) is 0. The minimum atomic E-state index is -0.129. The van der Waals surface area contributed by atoms with Crippen molar-refractivity contribution >= 4 is 6.21 Å². The van der Waals surface area contributed by atoms with E-state index in [9.17, 15) is 0 Å². The molecule has 0 unspecified atom stereocenters. The highest BCUT2D eigenvalue weighted by Gasteiger charge is 2.15. The number of unbranched alkanes of at least 4 members (excludes halogenated alkanes) is 3. The van der Waals surface area contributed by atoms with Gasteiger partial charge in [0.25, 0.3) is 0 Å². The molecule has 0 aromatic heterocycles. The standard InChI is InChI=1S/C15H31NO2/c1-6-18-15(4,5)13-16-11-9-7-8-10-12-17-14(2)3/h11,14H,6-10,12-13H2,1-5H3/b16-11+. The molecule has 0 radical (unpaired) electrons. The number of ether oxygens (including phenoxy) is 2. The summed E-state index contributed by atoms with van der Waals surface area (Å²) in [6.07, 6.45) is 7.00. The Bertz CT molecular complexity index is 213. The van der Waals surface area contributed by atoms with Gasteiger partial charge in [-0.2, -0.15) is 0 Å². The highest BCUT2D eigenvalue weighted by atomic mass is 16.5. The van der Waals surface area contributed by atoms with Crippen LogP contribution in [-0.4, -0.2) is 37.7 Å². The van der Waals surface area contributed by atoms with Crippen LogP contribution in [0, 0.1) is 0 Å². The van der Waals surface area contributed by atoms with Crippen molar-refractivity contribution in [1.29, 1.82) is 0 Å². The second-order valence-corrected chi connectivity index (χ2v) is 5.48. The number of hydrogen-bond donors (Lipinski definition) is 0. The van der Waals surface area contributed by atoms with E-state index in [1.165, 1.54) is 12.8 Å². The Morgan fingerprint density at radius 3 is 2.50 bits per heavy atom. The molecule has 18 heavy (non-hydrogen) atoms. The van der Waals surface area contributed by atoms with Crippen molar-refractivity contribution in [3.05, 3.63) is 0 Å². The molecule has 0 spiro atoms. The molecule has 3 heteroatoms. The molecule has 0 amide bonds. The van der Waals surface area contributed by atoms with Gasteiger partial charge in [0.05, 0.1) is 18.2 Å². The van der Waals surface area contributed by atoms with Gasteiger partial charge in [-0.05, 0) is 60.1 Å². The first-order valence-electron chi connectivity index (χ1n) is 7.22. The number of hydrogen-bond acceptors (Lipinski definition) is 3. The molecule has 108 valence electrons. The maximum atomic E-state index is 5.58. The van der Waals surface area contributed by atoms with E-state index < -0.39 is 0 Å². The third kappa shape index (κ3) is 12.1. The van der Waals surface area contributed by atoms with Gasteiger partial charge in [0.2, 0.25) is 0 Å². The average Bonchev–Trinajstić information content (AvgIpc) is 2.26. The topological polar surface area (TPSA) is 30.8 Å². The molecule has 0 saturated carbocycles. The molecular formula is C15H31NO2. The van der Waals surface area contributed by atoms with Crippen LogP contribution < -0.4 is 0 Å². The van der Waals surface area contributed by atoms with E-state index in [0.717, 1.165) is 32.6 Å². The maximum absolute atomic E-state index is 5.58. The molecule has 0 rings (SSSR count). The fourth-order valence-corrected chi connectivity index (χ4v) is 1.65. The van der Waals surface area contributed by atoms with Crippen LogP contribution in [0.3, 0.4) is 0 Å². The van der Waals surface area contributed by atoms with Gasteiger partial charge in [-0.3, -0.25) is 4.99 Å². The highest BCUT2D eigenvalue weighted by molar-refractivity contribution is 5.57. The minimum absolute atomic E-state index is 0.129. The van der Waals surface area contributed by atoms with E-state index >= 15 is 0 Å². The number of nitrogens with zero attached hydrogens (tertiary/aromatic N) is 1. The first-order chi connectivity index (χ1) is 8.48. The van der Waals surface area contributed by atoms with Crippen LogP contribution >= 0.6 is 0 Å². The van der Waals surface area contributed by atoms with Crippen LogP contribution in [0.1, 0.15) is 60.3 Å². The molecule has 0 saturated heterocycles. The third-order valence-electron chi connectivity index (χ3n) is 2.56. The zero-order valence-electron chi connectivity index (χ0n) is 12.9. The minimum Gasteiger partial charge on any atom is -0.379 e. The van der Waals surface area contributed by atoms with Crippen LogP contribution in [-0.2, 0) is 9.47 Å². The van der Waals surface area contributed by atoms with Crippen molar-refractivity contribution in [2.75, 3.05) is 19.8 Å². The monoisotopic (exact) mass is 257 g/mol. The molecule has 0 fully saturated rings. The molecule has 0 aliphatic rings. The molecule has 0 aliphatic carbocycles. The average molecular weight is 257 g/mol. The first-order valence-corrected chi connectivity index (χ1v) is 7.22. The maximum Gasteiger partial charge on any atom is 0.0820 e. The molecule has 0 atom stereocenters. The Balaban J connectivity index is 3.38. The summed E-state index contributed by atoms with van der Waals surface area (Å²) in [4.78, 5) is 4.43. The molecule has 0 aromatic rings. The van der Waals surface area contributed by atoms with E-state index in [1.807, 2.05) is 13.1 Å². The molecule has 0 aromatic carbocycles. The van der Waals surface area contributed by atoms with Gasteiger partial charge in [-0.25, -0.2) is 0 Å². The third-order valence-corrected chi connectivity index (χ3v) is 2.56. The van der Waals surface area contributed by atoms with Crippen molar-refractivity contribution in [1.82, 2.24) is 0 Å². The summed E-state index contributed by atoms with van der Waals surface area (Å²) in [5, 5.41) is 0. The van der Waals surface area contributed by atoms with Crippen LogP contribution in [0.2, 0.25) is 0 Å². The lowest BCUT2D eigenvalue weighted by Gasteiger charge is -2.21. The smallest absolute Gasteiger partial charge is 0.0820 e. The van der Waals surface area contributed by atoms with Crippen molar-refractivity contribution in [2.45, 2.75) is 72.0 Å². The fourth-order valence-electron chi connectivity index (χ4n) is 1.65. The SMILES string of the molecule is CCOC(C)(C)C/N=C/CCCCCOC(C)C. The summed E-state index contributed by atoms with van der Waals surface area (Å²) in [6, 6.07) is 0. The lowest BCUT2D eigenvalue weighted by molar-refractivity contribution is -0.00203. The van der Waals surface area contributed by atoms with Gasteiger partial charge in [-0.1, -0.05) is 6.42 Å². The van der Waals surface area contributed by atoms with E-state index in [2.05, 4.69) is 32.7 Å². The van der Waals surface area contributed by atoms with Gasteiger partial charge < -0.3 is 9.47 Å². The van der Waals surface area contributed by atoms with Gasteiger partial charge in [0, 0.05) is 13.2 Å². The number of aliphatic imine (C=N–C) groups is 1. The lowest BCUT2D eigenvalue weighted by atomic mass is 10.1. The van der Waals surface area contributed by atoms with Crippen molar-refractivity contribution in [2.24, 2.45) is 4.99 Å². The molecule has 0 aliphatic heterocycles. The molecule has 3 nitrogen and oxygen atoms in total. The second-order valence-electron chi connectivity index (χ2n) is 5.48. The van der Waals surface area contributed by atoms with Crippen molar-refractivity contribution in [3.63, 3.8) is 0 Å². The summed E-state index contributed by atoms with van der Waals surface area (Å²) in [6.45, 7) is 12.7. The normalized spacial score (nSPS) is 12.8. The van der Waals surface area contributed by atoms with Crippen LogP contribution in [0.4, 0.5) is 0 Å². The quantitative estimate of drug-likeness (QED) is 0.416. The van der Waals surface area contributed by atoms with Crippen molar-refractivity contribution in [3.8, 4) is 0 Å². The molecular weight excluding hydrogens is 226 g/mol. The summed E-state index contributed by atoms with van der Waals surface area (Å²) in [7, 11) is 0. The lowest BCUT2D eigenvalue weighted by Crippen LogP contribution is -2.28. The van der Waals surface area contributed by atoms with Gasteiger partial charge >= 0.3 is 0 Å². The Kier molecular flexibility index (Phi) is 10.3. The van der Waals surface area contributed by atoms with Gasteiger partial charge in [0.1, 0.15) is 0 Å². The predicted octanol–water partition coefficient (Wildman–Crippen LogP) is 3.86. The fraction of sp³-hybridized carbons (Fsp3) is 0.933. The van der Waals surface area contributed by atoms with Crippen molar-refractivity contribution < 1.29 is 9.47 Å². The van der Waals surface area contributed by atoms with E-state index in [-0.39, 0.29) is 5.60 Å². The molecule has 0 N–H and O–H groups in total. The summed E-state index contributed by atoms with van der Waals surface area (Å²) < 4.78 is 11.1. The summed E-state index contributed by atoms with van der Waals surface area (Å²) >= 11 is 0. The van der Waals surface area contributed by atoms with Gasteiger partial charge in [0.15, 0.2) is 0 Å². The Morgan fingerprint density at radius 2 is 1.89 bits per heavy atom. The zero-order valence-corrected chi connectivity index (χ0v) is 12.9. The highest BCUT2D eigenvalue weighted by Crippen LogP contribution is 2.09. The molecule has 0 heterocycles. The Labute approximate surface area is 113 Å². The first kappa shape index (κ1) is 17.6. The zero-order chi connectivity index (χ0) is 13.9. The van der Waals surface area contributed by atoms with Crippen LogP contribution in [0.25, 0.3) is 0 Å². The Morgan fingerprint density at radius 1 is 1.17 bits per heavy atom. The van der Waals surface area contributed by atoms with Crippen LogP contribution in [0.5, 0.6) is 0 Å². The van der Waals surface area contributed by atoms with E-state index in [1.54, 1.807) is 0 Å². The molecule has 0 bridgehead atoms. The van der Waals surface area contributed by atoms with Gasteiger partial charge in [-0.15, -0.1) is 0 Å².